The fourth-order valence-corrected chi connectivity index (χ4v) is 1.04. The summed E-state index contributed by atoms with van der Waals surface area (Å²) in [4.78, 5) is 10.4. The lowest BCUT2D eigenvalue weighted by Gasteiger charge is -1.99. The third-order valence-corrected chi connectivity index (χ3v) is 1.65. The van der Waals surface area contributed by atoms with E-state index in [2.05, 4.69) is 10.3 Å². The number of carbonyl (C=O) groups is 1. The summed E-state index contributed by atoms with van der Waals surface area (Å²) in [7, 11) is 0. The zero-order valence-electron chi connectivity index (χ0n) is 7.11. The molecule has 0 atom stereocenters. The van der Waals surface area contributed by atoms with Gasteiger partial charge in [-0.15, -0.1) is 5.10 Å². The lowest BCUT2D eigenvalue weighted by Crippen LogP contribution is -2.09. The molecule has 0 saturated heterocycles. The second-order valence-electron chi connectivity index (χ2n) is 2.51. The van der Waals surface area contributed by atoms with Crippen LogP contribution in [0.15, 0.2) is 0 Å². The molecule has 0 aliphatic heterocycles. The van der Waals surface area contributed by atoms with E-state index < -0.39 is 5.97 Å². The van der Waals surface area contributed by atoms with Crippen molar-refractivity contribution in [1.82, 2.24) is 15.0 Å². The predicted molar refractivity (Wildman–Crippen MR) is 41.8 cm³/mol. The molecule has 0 unspecified atom stereocenters. The molecule has 1 rings (SSSR count). The Morgan fingerprint density at radius 1 is 1.67 bits per heavy atom. The van der Waals surface area contributed by atoms with Crippen LogP contribution in [0.4, 0.5) is 0 Å². The zero-order valence-corrected chi connectivity index (χ0v) is 7.11. The molecule has 0 aliphatic rings. The van der Waals surface area contributed by atoms with Gasteiger partial charge in [0.1, 0.15) is 0 Å². The topological polar surface area (TPSA) is 68.0 Å². The first-order valence-corrected chi connectivity index (χ1v) is 3.76. The van der Waals surface area contributed by atoms with Gasteiger partial charge in [0.2, 0.25) is 0 Å². The molecule has 66 valence electrons. The maximum absolute atomic E-state index is 10.4. The minimum atomic E-state index is -0.852. The van der Waals surface area contributed by atoms with Gasteiger partial charge in [0.25, 0.3) is 0 Å². The summed E-state index contributed by atoms with van der Waals surface area (Å²) < 4.78 is 1.60. The van der Waals surface area contributed by atoms with Crippen LogP contribution in [0.25, 0.3) is 0 Å². The molecule has 1 aromatic heterocycles. The molecule has 1 heterocycles. The van der Waals surface area contributed by atoms with E-state index in [-0.39, 0.29) is 6.42 Å². The predicted octanol–water partition coefficient (Wildman–Crippen LogP) is 0.234. The highest BCUT2D eigenvalue weighted by atomic mass is 16.4. The van der Waals surface area contributed by atoms with Crippen molar-refractivity contribution < 1.29 is 9.90 Å². The Morgan fingerprint density at radius 3 is 2.83 bits per heavy atom. The van der Waals surface area contributed by atoms with Gasteiger partial charge in [-0.3, -0.25) is 4.79 Å². The number of hydrogen-bond acceptors (Lipinski definition) is 3. The van der Waals surface area contributed by atoms with E-state index >= 15 is 0 Å². The van der Waals surface area contributed by atoms with Gasteiger partial charge in [-0.25, -0.2) is 4.68 Å². The first-order chi connectivity index (χ1) is 5.65. The number of rotatable bonds is 3. The molecular formula is C7H11N3O2. The maximum atomic E-state index is 10.4. The quantitative estimate of drug-likeness (QED) is 0.703. The maximum Gasteiger partial charge on any atom is 0.309 e. The van der Waals surface area contributed by atoms with Crippen LogP contribution in [0.3, 0.4) is 0 Å². The van der Waals surface area contributed by atoms with Crippen LogP contribution in [0.2, 0.25) is 0 Å². The summed E-state index contributed by atoms with van der Waals surface area (Å²) in [5.74, 6) is -0.852. The molecule has 0 aliphatic carbocycles. The Balaban J connectivity index is 2.94. The average Bonchev–Trinajstić information content (AvgIpc) is 2.32. The summed E-state index contributed by atoms with van der Waals surface area (Å²) in [5.41, 5.74) is 1.38. The first kappa shape index (κ1) is 8.70. The van der Waals surface area contributed by atoms with Crippen molar-refractivity contribution in [3.8, 4) is 0 Å². The van der Waals surface area contributed by atoms with Crippen LogP contribution in [-0.2, 0) is 17.8 Å². The van der Waals surface area contributed by atoms with Crippen molar-refractivity contribution in [2.45, 2.75) is 26.8 Å². The van der Waals surface area contributed by atoms with Crippen LogP contribution >= 0.6 is 0 Å². The highest BCUT2D eigenvalue weighted by Gasteiger charge is 2.10. The lowest BCUT2D eigenvalue weighted by atomic mass is 10.2. The van der Waals surface area contributed by atoms with Gasteiger partial charge in [-0.2, -0.15) is 0 Å². The summed E-state index contributed by atoms with van der Waals surface area (Å²) in [6.07, 6.45) is -0.00727. The molecular weight excluding hydrogens is 158 g/mol. The molecule has 0 aromatic carbocycles. The van der Waals surface area contributed by atoms with Crippen molar-refractivity contribution >= 4 is 5.97 Å². The Morgan fingerprint density at radius 2 is 2.33 bits per heavy atom. The van der Waals surface area contributed by atoms with Crippen molar-refractivity contribution in [3.63, 3.8) is 0 Å². The fourth-order valence-electron chi connectivity index (χ4n) is 1.04. The number of nitrogens with zero attached hydrogens (tertiary/aromatic N) is 3. The van der Waals surface area contributed by atoms with Crippen LogP contribution in [0.1, 0.15) is 18.3 Å². The number of carboxylic acids is 1. The van der Waals surface area contributed by atoms with E-state index in [0.717, 1.165) is 0 Å². The number of hydrogen-bond donors (Lipinski definition) is 1. The molecule has 0 bridgehead atoms. The molecule has 0 fully saturated rings. The molecule has 12 heavy (non-hydrogen) atoms. The van der Waals surface area contributed by atoms with Crippen molar-refractivity contribution in [2.75, 3.05) is 0 Å². The van der Waals surface area contributed by atoms with E-state index in [0.29, 0.717) is 17.9 Å². The van der Waals surface area contributed by atoms with Crippen molar-refractivity contribution in [2.24, 2.45) is 0 Å². The summed E-state index contributed by atoms with van der Waals surface area (Å²) in [6, 6.07) is 0. The molecule has 0 spiro atoms. The summed E-state index contributed by atoms with van der Waals surface area (Å²) >= 11 is 0. The van der Waals surface area contributed by atoms with Gasteiger partial charge < -0.3 is 5.11 Å². The first-order valence-electron chi connectivity index (χ1n) is 3.76. The number of aromatic nitrogens is 3. The van der Waals surface area contributed by atoms with Gasteiger partial charge in [0.05, 0.1) is 17.8 Å². The smallest absolute Gasteiger partial charge is 0.309 e. The summed E-state index contributed by atoms with van der Waals surface area (Å²) in [6.45, 7) is 4.32. The zero-order chi connectivity index (χ0) is 9.14. The second kappa shape index (κ2) is 3.34. The molecule has 1 aromatic rings. The molecule has 0 radical (unpaired) electrons. The van der Waals surface area contributed by atoms with Crippen LogP contribution in [-0.4, -0.2) is 26.1 Å². The SMILES string of the molecule is CCn1nnc(C)c1CC(=O)O. The average molecular weight is 169 g/mol. The third kappa shape index (κ3) is 1.61. The number of aryl methyl sites for hydroxylation is 2. The molecule has 0 saturated carbocycles. The van der Waals surface area contributed by atoms with Gasteiger partial charge in [-0.1, -0.05) is 5.21 Å². The van der Waals surface area contributed by atoms with Crippen LogP contribution < -0.4 is 0 Å². The number of carboxylic acid groups (broad SMARTS) is 1. The van der Waals surface area contributed by atoms with Crippen LogP contribution in [0.5, 0.6) is 0 Å². The Bertz CT molecular complexity index is 293. The largest absolute Gasteiger partial charge is 0.481 e. The standard InChI is InChI=1S/C7H11N3O2/c1-3-10-6(4-7(11)12)5(2)8-9-10/h3-4H2,1-2H3,(H,11,12). The lowest BCUT2D eigenvalue weighted by molar-refractivity contribution is -0.136. The molecule has 1 N–H and O–H groups in total. The summed E-state index contributed by atoms with van der Waals surface area (Å²) in [5, 5.41) is 16.1. The third-order valence-electron chi connectivity index (χ3n) is 1.65. The normalized spacial score (nSPS) is 10.2. The van der Waals surface area contributed by atoms with E-state index in [9.17, 15) is 4.79 Å². The fraction of sp³-hybridized carbons (Fsp3) is 0.571. The van der Waals surface area contributed by atoms with Gasteiger partial charge in [0.15, 0.2) is 0 Å². The number of aliphatic carboxylic acids is 1. The van der Waals surface area contributed by atoms with Gasteiger partial charge in [0, 0.05) is 6.54 Å². The monoisotopic (exact) mass is 169 g/mol. The highest BCUT2D eigenvalue weighted by Crippen LogP contribution is 2.04. The minimum absolute atomic E-state index is 0.00727. The van der Waals surface area contributed by atoms with E-state index in [1.165, 1.54) is 0 Å². The Hall–Kier alpha value is -1.39. The van der Waals surface area contributed by atoms with Gasteiger partial charge >= 0.3 is 5.97 Å². The van der Waals surface area contributed by atoms with E-state index in [1.54, 1.807) is 11.6 Å². The van der Waals surface area contributed by atoms with Crippen molar-refractivity contribution in [1.29, 1.82) is 0 Å². The van der Waals surface area contributed by atoms with Crippen molar-refractivity contribution in [3.05, 3.63) is 11.4 Å². The van der Waals surface area contributed by atoms with E-state index in [1.807, 2.05) is 6.92 Å². The molecule has 5 heteroatoms. The Kier molecular flexibility index (Phi) is 2.42. The molecule has 5 nitrogen and oxygen atoms in total. The molecule has 0 amide bonds. The van der Waals surface area contributed by atoms with Crippen LogP contribution in [0, 0.1) is 6.92 Å². The Labute approximate surface area is 70.0 Å². The highest BCUT2D eigenvalue weighted by molar-refractivity contribution is 5.69. The van der Waals surface area contributed by atoms with E-state index in [4.69, 9.17) is 5.11 Å². The second-order valence-corrected chi connectivity index (χ2v) is 2.51. The van der Waals surface area contributed by atoms with Gasteiger partial charge in [-0.05, 0) is 13.8 Å². The minimum Gasteiger partial charge on any atom is -0.481 e.